The summed E-state index contributed by atoms with van der Waals surface area (Å²) in [7, 11) is 0. The lowest BCUT2D eigenvalue weighted by molar-refractivity contribution is 0.169. The molecule has 6 heteroatoms. The van der Waals surface area contributed by atoms with Gasteiger partial charge in [0, 0.05) is 35.4 Å². The molecule has 6 nitrogen and oxygen atoms in total. The van der Waals surface area contributed by atoms with Crippen LogP contribution in [0.25, 0.3) is 22.5 Å². The first-order valence-corrected chi connectivity index (χ1v) is 13.7. The molecule has 3 atom stereocenters. The zero-order chi connectivity index (χ0) is 26.9. The summed E-state index contributed by atoms with van der Waals surface area (Å²) in [6, 6.07) is 23.8. The second kappa shape index (κ2) is 10.6. The van der Waals surface area contributed by atoms with Gasteiger partial charge in [-0.05, 0) is 91.9 Å². The van der Waals surface area contributed by atoms with Crippen LogP contribution in [0.2, 0.25) is 0 Å². The van der Waals surface area contributed by atoms with E-state index in [0.29, 0.717) is 18.4 Å². The molecular formula is C33H34N2O4. The number of aromatic nitrogens is 1. The fourth-order valence-corrected chi connectivity index (χ4v) is 5.68. The Morgan fingerprint density at radius 2 is 1.90 bits per heavy atom. The van der Waals surface area contributed by atoms with Crippen LogP contribution in [0.1, 0.15) is 50.0 Å². The van der Waals surface area contributed by atoms with Gasteiger partial charge >= 0.3 is 0 Å². The van der Waals surface area contributed by atoms with Crippen molar-refractivity contribution < 1.29 is 19.1 Å². The zero-order valence-electron chi connectivity index (χ0n) is 22.6. The zero-order valence-corrected chi connectivity index (χ0v) is 22.6. The van der Waals surface area contributed by atoms with Gasteiger partial charge in [0.2, 0.25) is 0 Å². The number of hydrogen-bond acceptors (Lipinski definition) is 6. The van der Waals surface area contributed by atoms with Crippen molar-refractivity contribution in [3.05, 3.63) is 95.7 Å². The number of hydrogen-bond donors (Lipinski definition) is 1. The van der Waals surface area contributed by atoms with Crippen LogP contribution >= 0.6 is 0 Å². The Bertz CT molecular complexity index is 1480. The van der Waals surface area contributed by atoms with E-state index in [-0.39, 0.29) is 11.9 Å². The van der Waals surface area contributed by atoms with Gasteiger partial charge in [0.15, 0.2) is 5.76 Å². The molecule has 200 valence electrons. The molecule has 1 N–H and O–H groups in total. The van der Waals surface area contributed by atoms with Gasteiger partial charge in [-0.2, -0.15) is 0 Å². The molecule has 0 amide bonds. The number of phenolic OH excluding ortho intramolecular Hbond substituents is 1. The van der Waals surface area contributed by atoms with Gasteiger partial charge in [-0.3, -0.25) is 4.90 Å². The fourth-order valence-electron chi connectivity index (χ4n) is 5.68. The van der Waals surface area contributed by atoms with Gasteiger partial charge in [-0.15, -0.1) is 0 Å². The number of allylic oxidation sites excluding steroid dienone is 1. The molecule has 0 radical (unpaired) electrons. The molecule has 4 aromatic rings. The number of nitrogens with zero attached hydrogens (tertiary/aromatic N) is 2. The second-order valence-electron chi connectivity index (χ2n) is 10.8. The van der Waals surface area contributed by atoms with Gasteiger partial charge in [0.25, 0.3) is 0 Å². The third-order valence-corrected chi connectivity index (χ3v) is 7.93. The molecule has 2 aliphatic heterocycles. The summed E-state index contributed by atoms with van der Waals surface area (Å²) in [6.07, 6.45) is 2.57. The highest BCUT2D eigenvalue weighted by Crippen LogP contribution is 2.48. The Morgan fingerprint density at radius 1 is 1.05 bits per heavy atom. The number of aromatic hydroxyl groups is 1. The molecule has 0 spiro atoms. The first kappa shape index (κ1) is 25.3. The lowest BCUT2D eigenvalue weighted by Crippen LogP contribution is -2.35. The molecule has 3 aromatic carbocycles. The molecule has 3 unspecified atom stereocenters. The van der Waals surface area contributed by atoms with Gasteiger partial charge in [-0.25, -0.2) is 0 Å². The topological polar surface area (TPSA) is 68.0 Å². The molecule has 1 aromatic heterocycles. The van der Waals surface area contributed by atoms with E-state index in [2.05, 4.69) is 49.0 Å². The molecule has 3 heterocycles. The number of likely N-dealkylation sites (tertiary alicyclic amines) is 1. The third-order valence-electron chi connectivity index (χ3n) is 7.93. The first-order valence-electron chi connectivity index (χ1n) is 13.7. The van der Waals surface area contributed by atoms with Crippen LogP contribution in [0.4, 0.5) is 0 Å². The van der Waals surface area contributed by atoms with E-state index in [4.69, 9.17) is 14.0 Å². The Labute approximate surface area is 229 Å². The Morgan fingerprint density at radius 3 is 2.62 bits per heavy atom. The van der Waals surface area contributed by atoms with Crippen LogP contribution in [0.3, 0.4) is 0 Å². The highest BCUT2D eigenvalue weighted by atomic mass is 16.5. The van der Waals surface area contributed by atoms with E-state index in [1.54, 1.807) is 18.3 Å². The quantitative estimate of drug-likeness (QED) is 0.276. The predicted molar refractivity (Wildman–Crippen MR) is 153 cm³/mol. The number of phenols is 1. The van der Waals surface area contributed by atoms with E-state index in [1.165, 1.54) is 6.42 Å². The van der Waals surface area contributed by atoms with E-state index >= 15 is 0 Å². The maximum atomic E-state index is 10.3. The summed E-state index contributed by atoms with van der Waals surface area (Å²) in [4.78, 5) is 2.51. The second-order valence-corrected chi connectivity index (χ2v) is 10.8. The van der Waals surface area contributed by atoms with Crippen molar-refractivity contribution in [1.82, 2.24) is 10.1 Å². The van der Waals surface area contributed by atoms with Crippen molar-refractivity contribution in [2.24, 2.45) is 5.92 Å². The van der Waals surface area contributed by atoms with Crippen molar-refractivity contribution in [2.45, 2.75) is 39.3 Å². The van der Waals surface area contributed by atoms with Crippen molar-refractivity contribution in [3.8, 4) is 28.6 Å². The smallest absolute Gasteiger partial charge is 0.166 e. The maximum Gasteiger partial charge on any atom is 0.166 e. The molecule has 39 heavy (non-hydrogen) atoms. The maximum absolute atomic E-state index is 10.3. The van der Waals surface area contributed by atoms with Gasteiger partial charge in [0.1, 0.15) is 30.0 Å². The first-order chi connectivity index (χ1) is 19.0. The summed E-state index contributed by atoms with van der Waals surface area (Å²) in [5, 5.41) is 14.1. The van der Waals surface area contributed by atoms with Crippen molar-refractivity contribution in [3.63, 3.8) is 0 Å². The van der Waals surface area contributed by atoms with Gasteiger partial charge in [-0.1, -0.05) is 36.3 Å². The van der Waals surface area contributed by atoms with E-state index in [9.17, 15) is 5.11 Å². The minimum atomic E-state index is -0.338. The lowest BCUT2D eigenvalue weighted by atomic mass is 9.85. The normalized spacial score (nSPS) is 20.0. The monoisotopic (exact) mass is 522 g/mol. The minimum absolute atomic E-state index is 0.220. The molecule has 1 saturated heterocycles. The number of rotatable bonds is 7. The standard InChI is InChI=1S/C33H34N2O4/c1-21-14-16-35(19-21)22(2)20-37-28-10-7-24(8-11-28)33-32(26-5-4-6-27(36)17-26)23(3)29-18-25(9-12-31(29)38-33)30-13-15-34-39-30/h4-13,15,17-18,21-22,33,36H,14,16,19-20H2,1-3H3. The molecular weight excluding hydrogens is 488 g/mol. The molecule has 0 saturated carbocycles. The summed E-state index contributed by atoms with van der Waals surface area (Å²) >= 11 is 0. The van der Waals surface area contributed by atoms with E-state index in [1.807, 2.05) is 42.5 Å². The number of ether oxygens (including phenoxy) is 2. The third kappa shape index (κ3) is 5.17. The van der Waals surface area contributed by atoms with Crippen molar-refractivity contribution >= 4 is 11.1 Å². The van der Waals surface area contributed by atoms with Crippen LogP contribution in [0.5, 0.6) is 17.2 Å². The predicted octanol–water partition coefficient (Wildman–Crippen LogP) is 7.22. The van der Waals surface area contributed by atoms with Crippen LogP contribution < -0.4 is 9.47 Å². The minimum Gasteiger partial charge on any atom is -0.508 e. The lowest BCUT2D eigenvalue weighted by Gasteiger charge is -2.31. The average Bonchev–Trinajstić information content (AvgIpc) is 3.64. The van der Waals surface area contributed by atoms with E-state index in [0.717, 1.165) is 63.9 Å². The Hall–Kier alpha value is -4.03. The highest BCUT2D eigenvalue weighted by molar-refractivity contribution is 5.96. The SMILES string of the molecule is CC1=C(c2cccc(O)c2)C(c2ccc(OCC(C)N3CCC(C)C3)cc2)Oc2ccc(-c3ccno3)cc21. The van der Waals surface area contributed by atoms with Crippen LogP contribution in [0, 0.1) is 5.92 Å². The van der Waals surface area contributed by atoms with Crippen molar-refractivity contribution in [2.75, 3.05) is 19.7 Å². The van der Waals surface area contributed by atoms with Crippen molar-refractivity contribution in [1.29, 1.82) is 0 Å². The Balaban J connectivity index is 1.29. The summed E-state index contributed by atoms with van der Waals surface area (Å²) in [5.41, 5.74) is 5.96. The molecule has 6 rings (SSSR count). The number of benzene rings is 3. The summed E-state index contributed by atoms with van der Waals surface area (Å²) < 4.78 is 18.2. The summed E-state index contributed by atoms with van der Waals surface area (Å²) in [5.74, 6) is 3.34. The van der Waals surface area contributed by atoms with Crippen LogP contribution in [0.15, 0.2) is 83.5 Å². The molecule has 2 aliphatic rings. The highest BCUT2D eigenvalue weighted by Gasteiger charge is 2.30. The summed E-state index contributed by atoms with van der Waals surface area (Å²) in [6.45, 7) is 9.62. The van der Waals surface area contributed by atoms with Crippen LogP contribution in [-0.4, -0.2) is 40.9 Å². The molecule has 0 bridgehead atoms. The number of fused-ring (bicyclic) bond motifs is 1. The fraction of sp³-hybridized carbons (Fsp3) is 0.303. The molecule has 1 fully saturated rings. The van der Waals surface area contributed by atoms with Gasteiger partial charge < -0.3 is 19.1 Å². The van der Waals surface area contributed by atoms with Crippen LogP contribution in [-0.2, 0) is 0 Å². The molecule has 0 aliphatic carbocycles. The van der Waals surface area contributed by atoms with E-state index < -0.39 is 0 Å². The largest absolute Gasteiger partial charge is 0.508 e. The average molecular weight is 523 g/mol. The Kier molecular flexibility index (Phi) is 6.88. The van der Waals surface area contributed by atoms with Gasteiger partial charge in [0.05, 0.1) is 6.20 Å².